The minimum absolute atomic E-state index is 0. The number of rotatable bonds is 0. The SMILES string of the molecule is CC(=O)[O-].O=C(O)O.[Li+]. The summed E-state index contributed by atoms with van der Waals surface area (Å²) in [6.45, 7) is 0.972. The third kappa shape index (κ3) is 476. The van der Waals surface area contributed by atoms with Gasteiger partial charge < -0.3 is 20.1 Å². The molecule has 48 valence electrons. The van der Waals surface area contributed by atoms with Crippen LogP contribution in [0.5, 0.6) is 0 Å². The summed E-state index contributed by atoms with van der Waals surface area (Å²) >= 11 is 0. The van der Waals surface area contributed by atoms with Crippen molar-refractivity contribution in [1.29, 1.82) is 0 Å². The Morgan fingerprint density at radius 3 is 1.33 bits per heavy atom. The zero-order valence-corrected chi connectivity index (χ0v) is 5.12. The van der Waals surface area contributed by atoms with Crippen LogP contribution in [0, 0.1) is 0 Å². The maximum atomic E-state index is 8.89. The van der Waals surface area contributed by atoms with Crippen LogP contribution in [0.2, 0.25) is 0 Å². The molecule has 0 amide bonds. The Balaban J connectivity index is -0.0000000720. The van der Waals surface area contributed by atoms with E-state index in [1.54, 1.807) is 0 Å². The molecule has 0 fully saturated rings. The van der Waals surface area contributed by atoms with E-state index < -0.39 is 12.1 Å². The first-order valence-corrected chi connectivity index (χ1v) is 1.56. The minimum Gasteiger partial charge on any atom is -0.550 e. The molecule has 0 aliphatic carbocycles. The van der Waals surface area contributed by atoms with E-state index in [0.717, 1.165) is 6.92 Å². The molecule has 0 aromatic heterocycles. The Kier molecular flexibility index (Phi) is 18.1. The Labute approximate surface area is 63.5 Å². The summed E-state index contributed by atoms with van der Waals surface area (Å²) in [7, 11) is 0. The van der Waals surface area contributed by atoms with Gasteiger partial charge in [0.2, 0.25) is 0 Å². The molecular weight excluding hydrogens is 123 g/mol. The summed E-state index contributed by atoms with van der Waals surface area (Å²) in [5, 5.41) is 22.8. The molecular formula is C3H5LiO5. The first-order chi connectivity index (χ1) is 3.46. The van der Waals surface area contributed by atoms with E-state index in [1.807, 2.05) is 0 Å². The Morgan fingerprint density at radius 1 is 1.33 bits per heavy atom. The van der Waals surface area contributed by atoms with E-state index in [2.05, 4.69) is 0 Å². The molecule has 0 atom stereocenters. The molecule has 0 radical (unpaired) electrons. The fraction of sp³-hybridized carbons (Fsp3) is 0.333. The number of aliphatic carboxylic acids is 1. The maximum Gasteiger partial charge on any atom is 1.00 e. The van der Waals surface area contributed by atoms with Crippen LogP contribution in [0.3, 0.4) is 0 Å². The van der Waals surface area contributed by atoms with Gasteiger partial charge in [0, 0.05) is 5.97 Å². The minimum atomic E-state index is -1.83. The molecule has 0 heterocycles. The van der Waals surface area contributed by atoms with Gasteiger partial charge in [0.25, 0.3) is 0 Å². The fourth-order valence-electron chi connectivity index (χ4n) is 0. The quantitative estimate of drug-likeness (QED) is 0.324. The normalized spacial score (nSPS) is 5.44. The summed E-state index contributed by atoms with van der Waals surface area (Å²) in [5.74, 6) is -1.08. The average Bonchev–Trinajstić information content (AvgIpc) is 1.25. The number of hydrogen-bond acceptors (Lipinski definition) is 3. The van der Waals surface area contributed by atoms with Gasteiger partial charge in [-0.2, -0.15) is 0 Å². The van der Waals surface area contributed by atoms with Gasteiger partial charge in [-0.15, -0.1) is 0 Å². The molecule has 9 heavy (non-hydrogen) atoms. The largest absolute Gasteiger partial charge is 1.00 e. The van der Waals surface area contributed by atoms with E-state index >= 15 is 0 Å². The number of carboxylic acids is 1. The summed E-state index contributed by atoms with van der Waals surface area (Å²) in [6.07, 6.45) is -1.83. The molecule has 0 aliphatic heterocycles. The number of carbonyl (C=O) groups is 2. The van der Waals surface area contributed by atoms with Gasteiger partial charge in [-0.3, -0.25) is 0 Å². The number of hydrogen-bond donors (Lipinski definition) is 2. The van der Waals surface area contributed by atoms with Crippen molar-refractivity contribution in [2.75, 3.05) is 0 Å². The predicted octanol–water partition coefficient (Wildman–Crippen LogP) is -4.02. The number of carbonyl (C=O) groups excluding carboxylic acids is 1. The van der Waals surface area contributed by atoms with Gasteiger partial charge in [0.1, 0.15) is 0 Å². The van der Waals surface area contributed by atoms with E-state index in [9.17, 15) is 0 Å². The first-order valence-electron chi connectivity index (χ1n) is 1.56. The molecule has 0 rings (SSSR count). The summed E-state index contributed by atoms with van der Waals surface area (Å²) in [6, 6.07) is 0. The van der Waals surface area contributed by atoms with Crippen molar-refractivity contribution in [1.82, 2.24) is 0 Å². The van der Waals surface area contributed by atoms with Gasteiger partial charge in [-0.1, -0.05) is 0 Å². The van der Waals surface area contributed by atoms with Crippen molar-refractivity contribution < 1.29 is 43.8 Å². The van der Waals surface area contributed by atoms with Crippen LogP contribution in [0.4, 0.5) is 4.79 Å². The Morgan fingerprint density at radius 2 is 1.33 bits per heavy atom. The molecule has 0 aromatic carbocycles. The van der Waals surface area contributed by atoms with Crippen LogP contribution >= 0.6 is 0 Å². The van der Waals surface area contributed by atoms with E-state index in [1.165, 1.54) is 0 Å². The van der Waals surface area contributed by atoms with Crippen molar-refractivity contribution in [3.63, 3.8) is 0 Å². The van der Waals surface area contributed by atoms with Crippen LogP contribution in [-0.4, -0.2) is 22.3 Å². The summed E-state index contributed by atoms with van der Waals surface area (Å²) in [4.78, 5) is 17.4. The Hall–Kier alpha value is -0.663. The maximum absolute atomic E-state index is 8.89. The van der Waals surface area contributed by atoms with Crippen molar-refractivity contribution in [2.24, 2.45) is 0 Å². The molecule has 0 bridgehead atoms. The average molecular weight is 128 g/mol. The van der Waals surface area contributed by atoms with Gasteiger partial charge in [0.15, 0.2) is 0 Å². The van der Waals surface area contributed by atoms with E-state index in [-0.39, 0.29) is 18.9 Å². The second-order valence-corrected chi connectivity index (χ2v) is 0.774. The molecule has 0 saturated heterocycles. The second kappa shape index (κ2) is 10.3. The molecule has 0 spiro atoms. The topological polar surface area (TPSA) is 97.7 Å². The Bertz CT molecular complexity index is 70.2. The van der Waals surface area contributed by atoms with Crippen LogP contribution in [-0.2, 0) is 4.79 Å². The molecule has 6 heteroatoms. The predicted molar refractivity (Wildman–Crippen MR) is 21.3 cm³/mol. The van der Waals surface area contributed by atoms with Crippen molar-refractivity contribution in [3.8, 4) is 0 Å². The van der Waals surface area contributed by atoms with Crippen LogP contribution in [0.25, 0.3) is 0 Å². The van der Waals surface area contributed by atoms with Gasteiger partial charge in [0.05, 0.1) is 0 Å². The van der Waals surface area contributed by atoms with Crippen molar-refractivity contribution in [2.45, 2.75) is 6.92 Å². The molecule has 5 nitrogen and oxygen atoms in total. The monoisotopic (exact) mass is 128 g/mol. The second-order valence-electron chi connectivity index (χ2n) is 0.774. The van der Waals surface area contributed by atoms with Gasteiger partial charge in [-0.25, -0.2) is 4.79 Å². The standard InChI is InChI=1S/C2H4O2.CH2O3.Li/c1-2(3)4;2-1(3)4;/h1H3,(H,3,4);(H2,2,3,4);/q;;+1/p-1. The fourth-order valence-corrected chi connectivity index (χ4v) is 0. The van der Waals surface area contributed by atoms with Crippen molar-refractivity contribution >= 4 is 12.1 Å². The smallest absolute Gasteiger partial charge is 0.550 e. The van der Waals surface area contributed by atoms with Crippen LogP contribution in [0.15, 0.2) is 0 Å². The third-order valence-corrected chi connectivity index (χ3v) is 0. The third-order valence-electron chi connectivity index (χ3n) is 0. The zero-order chi connectivity index (χ0) is 7.15. The number of carboxylic acid groups (broad SMARTS) is 3. The zero-order valence-electron chi connectivity index (χ0n) is 5.12. The van der Waals surface area contributed by atoms with E-state index in [0.29, 0.717) is 0 Å². The summed E-state index contributed by atoms with van der Waals surface area (Å²) < 4.78 is 0. The van der Waals surface area contributed by atoms with E-state index in [4.69, 9.17) is 24.9 Å². The molecule has 0 aromatic rings. The molecule has 0 aliphatic rings. The molecule has 0 unspecified atom stereocenters. The van der Waals surface area contributed by atoms with Crippen molar-refractivity contribution in [3.05, 3.63) is 0 Å². The molecule has 2 N–H and O–H groups in total. The van der Waals surface area contributed by atoms with Gasteiger partial charge >= 0.3 is 25.0 Å². The van der Waals surface area contributed by atoms with Crippen LogP contribution < -0.4 is 24.0 Å². The summed E-state index contributed by atoms with van der Waals surface area (Å²) in [5.41, 5.74) is 0. The van der Waals surface area contributed by atoms with Crippen LogP contribution in [0.1, 0.15) is 6.92 Å². The van der Waals surface area contributed by atoms with Gasteiger partial charge in [-0.05, 0) is 6.92 Å². The molecule has 0 saturated carbocycles. The first kappa shape index (κ1) is 15.8.